The van der Waals surface area contributed by atoms with Crippen LogP contribution in [0.5, 0.6) is 0 Å². The summed E-state index contributed by atoms with van der Waals surface area (Å²) in [4.78, 5) is 35.6. The van der Waals surface area contributed by atoms with Crippen molar-refractivity contribution in [1.82, 2.24) is 0 Å². The highest BCUT2D eigenvalue weighted by atomic mass is 16.6. The van der Waals surface area contributed by atoms with E-state index in [-0.39, 0.29) is 17.8 Å². The molecule has 0 aliphatic carbocycles. The van der Waals surface area contributed by atoms with E-state index in [0.29, 0.717) is 11.3 Å². The summed E-state index contributed by atoms with van der Waals surface area (Å²) in [7, 11) is 2.39. The molecule has 1 atom stereocenters. The van der Waals surface area contributed by atoms with E-state index < -0.39 is 29.5 Å². The average molecular weight is 336 g/mol. The number of hydrogen-bond donors (Lipinski definition) is 1. The fourth-order valence-corrected chi connectivity index (χ4v) is 2.50. The molecule has 0 bridgehead atoms. The molecule has 1 heterocycles. The number of esters is 2. The first-order valence-corrected chi connectivity index (χ1v) is 6.95. The van der Waals surface area contributed by atoms with Gasteiger partial charge in [0.15, 0.2) is 6.04 Å². The number of carbonyl (C=O) groups excluding carboxylic acids is 2. The van der Waals surface area contributed by atoms with E-state index in [0.717, 1.165) is 0 Å². The minimum absolute atomic E-state index is 0.00217. The number of benzene rings is 1. The van der Waals surface area contributed by atoms with Gasteiger partial charge in [-0.3, -0.25) is 10.1 Å². The van der Waals surface area contributed by atoms with Crippen molar-refractivity contribution in [2.75, 3.05) is 32.3 Å². The van der Waals surface area contributed by atoms with Gasteiger partial charge in [0.2, 0.25) is 0 Å². The van der Waals surface area contributed by atoms with Gasteiger partial charge in [-0.25, -0.2) is 9.59 Å². The number of aliphatic hydroxyl groups is 1. The minimum Gasteiger partial charge on any atom is -0.467 e. The fraction of sp³-hybridized carbons (Fsp3) is 0.333. The molecule has 0 saturated carbocycles. The highest BCUT2D eigenvalue weighted by molar-refractivity contribution is 5.98. The molecular weight excluding hydrogens is 320 g/mol. The summed E-state index contributed by atoms with van der Waals surface area (Å²) in [6, 6.07) is 2.98. The van der Waals surface area contributed by atoms with Crippen LogP contribution < -0.4 is 4.90 Å². The van der Waals surface area contributed by atoms with E-state index >= 15 is 0 Å². The molecule has 2 rings (SSSR count). The first-order chi connectivity index (χ1) is 11.4. The molecular formula is C15H16N2O7. The Balaban J connectivity index is 2.56. The Kier molecular flexibility index (Phi) is 5.14. The van der Waals surface area contributed by atoms with Crippen LogP contribution in [0.2, 0.25) is 0 Å². The van der Waals surface area contributed by atoms with Gasteiger partial charge in [-0.1, -0.05) is 0 Å². The third-order valence-corrected chi connectivity index (χ3v) is 3.67. The van der Waals surface area contributed by atoms with E-state index in [2.05, 4.69) is 9.47 Å². The maximum Gasteiger partial charge on any atom is 0.335 e. The molecule has 128 valence electrons. The zero-order valence-electron chi connectivity index (χ0n) is 13.1. The molecule has 1 aromatic carbocycles. The SMILES string of the molecule is COC(=O)C1=Cc2cc([N+](=O)[O-])ccc2N([C@@H](CO)C(=O)OC)C1. The second kappa shape index (κ2) is 7.09. The number of non-ortho nitro benzene ring substituents is 1. The van der Waals surface area contributed by atoms with Gasteiger partial charge in [-0.15, -0.1) is 0 Å². The summed E-state index contributed by atoms with van der Waals surface area (Å²) in [5, 5.41) is 20.5. The lowest BCUT2D eigenvalue weighted by molar-refractivity contribution is -0.384. The van der Waals surface area contributed by atoms with E-state index in [9.17, 15) is 24.8 Å². The van der Waals surface area contributed by atoms with Crippen LogP contribution in [0.3, 0.4) is 0 Å². The Morgan fingerprint density at radius 1 is 1.38 bits per heavy atom. The van der Waals surface area contributed by atoms with E-state index in [4.69, 9.17) is 0 Å². The number of nitrogens with zero attached hydrogens (tertiary/aromatic N) is 2. The topological polar surface area (TPSA) is 119 Å². The molecule has 1 N–H and O–H groups in total. The lowest BCUT2D eigenvalue weighted by Gasteiger charge is -2.34. The van der Waals surface area contributed by atoms with E-state index in [1.54, 1.807) is 0 Å². The van der Waals surface area contributed by atoms with Crippen LogP contribution in [0.1, 0.15) is 5.56 Å². The van der Waals surface area contributed by atoms with Crippen molar-refractivity contribution < 1.29 is 29.1 Å². The van der Waals surface area contributed by atoms with Crippen LogP contribution >= 0.6 is 0 Å². The highest BCUT2D eigenvalue weighted by Gasteiger charge is 2.33. The number of carbonyl (C=O) groups is 2. The summed E-state index contributed by atoms with van der Waals surface area (Å²) in [6.45, 7) is -0.546. The minimum atomic E-state index is -1.05. The first-order valence-electron chi connectivity index (χ1n) is 6.95. The number of fused-ring (bicyclic) bond motifs is 1. The van der Waals surface area contributed by atoms with Crippen LogP contribution in [0.15, 0.2) is 23.8 Å². The Bertz CT molecular complexity index is 714. The highest BCUT2D eigenvalue weighted by Crippen LogP contribution is 2.33. The van der Waals surface area contributed by atoms with Crippen molar-refractivity contribution in [2.24, 2.45) is 0 Å². The molecule has 0 unspecified atom stereocenters. The van der Waals surface area contributed by atoms with Crippen LogP contribution in [0.4, 0.5) is 11.4 Å². The normalized spacial score (nSPS) is 14.3. The number of nitro groups is 1. The number of aliphatic hydroxyl groups excluding tert-OH is 1. The first kappa shape index (κ1) is 17.4. The Hall–Kier alpha value is -2.94. The molecule has 1 aliphatic heterocycles. The number of nitro benzene ring substituents is 1. The molecule has 0 amide bonds. The van der Waals surface area contributed by atoms with Crippen LogP contribution in [0.25, 0.3) is 6.08 Å². The Morgan fingerprint density at radius 2 is 2.08 bits per heavy atom. The van der Waals surface area contributed by atoms with Gasteiger partial charge < -0.3 is 19.5 Å². The third-order valence-electron chi connectivity index (χ3n) is 3.67. The molecule has 0 radical (unpaired) electrons. The van der Waals surface area contributed by atoms with Crippen LogP contribution in [-0.4, -0.2) is 55.4 Å². The average Bonchev–Trinajstić information content (AvgIpc) is 2.60. The molecule has 0 aromatic heterocycles. The largest absolute Gasteiger partial charge is 0.467 e. The number of anilines is 1. The van der Waals surface area contributed by atoms with Gasteiger partial charge in [0.1, 0.15) is 0 Å². The van der Waals surface area contributed by atoms with E-state index in [1.165, 1.54) is 43.4 Å². The number of ether oxygens (including phenoxy) is 2. The fourth-order valence-electron chi connectivity index (χ4n) is 2.50. The predicted molar refractivity (Wildman–Crippen MR) is 83.3 cm³/mol. The molecule has 1 aliphatic rings. The molecule has 0 fully saturated rings. The standard InChI is InChI=1S/C15H16N2O7/c1-23-14(19)10-5-9-6-11(17(21)22)3-4-12(9)16(7-10)13(8-18)15(20)24-2/h3-6,13,18H,7-8H2,1-2H3/t13-/m0/s1. The van der Waals surface area contributed by atoms with E-state index in [1.807, 2.05) is 0 Å². The van der Waals surface area contributed by atoms with Gasteiger partial charge in [-0.2, -0.15) is 0 Å². The number of rotatable bonds is 5. The van der Waals surface area contributed by atoms with Crippen molar-refractivity contribution in [3.8, 4) is 0 Å². The molecule has 24 heavy (non-hydrogen) atoms. The smallest absolute Gasteiger partial charge is 0.335 e. The summed E-state index contributed by atoms with van der Waals surface area (Å²) in [5.41, 5.74) is 0.887. The van der Waals surface area contributed by atoms with Gasteiger partial charge in [0.25, 0.3) is 5.69 Å². The zero-order chi connectivity index (χ0) is 17.9. The molecule has 0 saturated heterocycles. The van der Waals surface area contributed by atoms with Crippen molar-refractivity contribution in [1.29, 1.82) is 0 Å². The van der Waals surface area contributed by atoms with Crippen molar-refractivity contribution >= 4 is 29.4 Å². The number of methoxy groups -OCH3 is 2. The third kappa shape index (κ3) is 3.20. The van der Waals surface area contributed by atoms with Gasteiger partial charge in [0, 0.05) is 23.4 Å². The molecule has 0 spiro atoms. The summed E-state index contributed by atoms with van der Waals surface area (Å²) >= 11 is 0. The van der Waals surface area contributed by atoms with Crippen LogP contribution in [0, 0.1) is 10.1 Å². The number of hydrogen-bond acceptors (Lipinski definition) is 8. The summed E-state index contributed by atoms with van der Waals surface area (Å²) < 4.78 is 9.36. The van der Waals surface area contributed by atoms with Gasteiger partial charge >= 0.3 is 11.9 Å². The lowest BCUT2D eigenvalue weighted by Crippen LogP contribution is -2.47. The Labute approximate surface area is 137 Å². The maximum atomic E-state index is 11.9. The van der Waals surface area contributed by atoms with Crippen molar-refractivity contribution in [3.63, 3.8) is 0 Å². The second-order valence-electron chi connectivity index (χ2n) is 5.01. The van der Waals surface area contributed by atoms with Crippen molar-refractivity contribution in [3.05, 3.63) is 39.4 Å². The quantitative estimate of drug-likeness (QED) is 0.469. The zero-order valence-corrected chi connectivity index (χ0v) is 13.1. The Morgan fingerprint density at radius 3 is 2.62 bits per heavy atom. The maximum absolute atomic E-state index is 11.9. The van der Waals surface area contributed by atoms with Crippen molar-refractivity contribution in [2.45, 2.75) is 6.04 Å². The molecule has 9 heteroatoms. The summed E-state index contributed by atoms with van der Waals surface area (Å²) in [6.07, 6.45) is 1.47. The van der Waals surface area contributed by atoms with Gasteiger partial charge in [0.05, 0.1) is 37.9 Å². The monoisotopic (exact) mass is 336 g/mol. The molecule has 1 aromatic rings. The molecule has 9 nitrogen and oxygen atoms in total. The van der Waals surface area contributed by atoms with Gasteiger partial charge in [-0.05, 0) is 12.1 Å². The summed E-state index contributed by atoms with van der Waals surface area (Å²) in [5.74, 6) is -1.31. The lowest BCUT2D eigenvalue weighted by atomic mass is 10.00. The van der Waals surface area contributed by atoms with Crippen LogP contribution in [-0.2, 0) is 19.1 Å². The predicted octanol–water partition coefficient (Wildman–Crippen LogP) is 0.505. The second-order valence-corrected chi connectivity index (χ2v) is 5.01.